The molecule has 7 nitrogen and oxygen atoms in total. The average Bonchev–Trinajstić information content (AvgIpc) is 2.82. The topological polar surface area (TPSA) is 104 Å². The summed E-state index contributed by atoms with van der Waals surface area (Å²) in [4.78, 5) is 32.3. The quantitative estimate of drug-likeness (QED) is 0.562. The highest BCUT2D eigenvalue weighted by molar-refractivity contribution is 9.11. The van der Waals surface area contributed by atoms with Gasteiger partial charge in [0.2, 0.25) is 0 Å². The molecule has 1 rings (SSSR count). The molecule has 148 valence electrons. The van der Waals surface area contributed by atoms with Crippen LogP contribution in [-0.4, -0.2) is 72.4 Å². The molecule has 1 aromatic rings. The minimum absolute atomic E-state index is 0.0756. The van der Waals surface area contributed by atoms with Gasteiger partial charge >= 0.3 is 18.1 Å². The van der Waals surface area contributed by atoms with Crippen LogP contribution in [-0.2, 0) is 9.59 Å². The second-order valence-corrected chi connectivity index (χ2v) is 8.61. The van der Waals surface area contributed by atoms with Gasteiger partial charge in [-0.15, -0.1) is 11.3 Å². The van der Waals surface area contributed by atoms with Crippen molar-refractivity contribution in [1.29, 1.82) is 0 Å². The Morgan fingerprint density at radius 2 is 1.73 bits per heavy atom. The van der Waals surface area contributed by atoms with Gasteiger partial charge in [-0.1, -0.05) is 0 Å². The van der Waals surface area contributed by atoms with E-state index < -0.39 is 18.1 Å². The van der Waals surface area contributed by atoms with E-state index in [1.165, 1.54) is 11.3 Å². The van der Waals surface area contributed by atoms with Crippen LogP contribution in [0.4, 0.5) is 13.2 Å². The SMILES string of the molecule is C[N+](C)(C)C[C@@H](CC(=O)O)NC(=O)c1ccc(Br)s1.O=C(O)C(F)(F)F. The third kappa shape index (κ3) is 11.1. The second kappa shape index (κ2) is 9.88. The summed E-state index contributed by atoms with van der Waals surface area (Å²) >= 11 is 4.62. The van der Waals surface area contributed by atoms with E-state index >= 15 is 0 Å². The van der Waals surface area contributed by atoms with Gasteiger partial charge in [0.15, 0.2) is 0 Å². The highest BCUT2D eigenvalue weighted by Gasteiger charge is 2.38. The molecule has 0 aliphatic carbocycles. The first-order valence-electron chi connectivity index (χ1n) is 7.00. The van der Waals surface area contributed by atoms with Gasteiger partial charge in [-0.3, -0.25) is 9.59 Å². The summed E-state index contributed by atoms with van der Waals surface area (Å²) in [5.74, 6) is -3.89. The predicted octanol–water partition coefficient (Wildman–Crippen LogP) is 2.42. The molecule has 0 spiro atoms. The van der Waals surface area contributed by atoms with E-state index in [2.05, 4.69) is 21.2 Å². The van der Waals surface area contributed by atoms with Crippen molar-refractivity contribution >= 4 is 45.1 Å². The Hall–Kier alpha value is -1.66. The first kappa shape index (κ1) is 24.3. The second-order valence-electron chi connectivity index (χ2n) is 6.15. The normalized spacial score (nSPS) is 12.6. The van der Waals surface area contributed by atoms with E-state index in [9.17, 15) is 22.8 Å². The van der Waals surface area contributed by atoms with Crippen molar-refractivity contribution in [3.8, 4) is 0 Å². The van der Waals surface area contributed by atoms with Crippen molar-refractivity contribution in [2.75, 3.05) is 27.7 Å². The van der Waals surface area contributed by atoms with Gasteiger partial charge in [0.05, 0.1) is 48.8 Å². The third-order valence-corrected chi connectivity index (χ3v) is 4.19. The Kier molecular flexibility index (Phi) is 9.25. The van der Waals surface area contributed by atoms with Crippen LogP contribution >= 0.6 is 27.3 Å². The number of rotatable bonds is 6. The number of hydrogen-bond donors (Lipinski definition) is 3. The number of hydrogen-bond acceptors (Lipinski definition) is 4. The fourth-order valence-electron chi connectivity index (χ4n) is 1.73. The number of amides is 1. The maximum atomic E-state index is 12.0. The number of halogens is 4. The molecule has 1 atom stereocenters. The Balaban J connectivity index is 0.000000758. The molecule has 1 heterocycles. The maximum Gasteiger partial charge on any atom is 0.490 e. The zero-order chi connectivity index (χ0) is 20.7. The Labute approximate surface area is 160 Å². The Morgan fingerprint density at radius 1 is 1.23 bits per heavy atom. The summed E-state index contributed by atoms with van der Waals surface area (Å²) < 4.78 is 33.2. The van der Waals surface area contributed by atoms with Gasteiger partial charge < -0.3 is 20.0 Å². The van der Waals surface area contributed by atoms with E-state index in [0.29, 0.717) is 15.9 Å². The van der Waals surface area contributed by atoms with Crippen molar-refractivity contribution in [2.24, 2.45) is 0 Å². The molecule has 0 aliphatic heterocycles. The minimum atomic E-state index is -5.08. The van der Waals surface area contributed by atoms with Crippen LogP contribution in [0.25, 0.3) is 0 Å². The lowest BCUT2D eigenvalue weighted by molar-refractivity contribution is -0.871. The van der Waals surface area contributed by atoms with E-state index in [1.807, 2.05) is 21.1 Å². The molecule has 1 aromatic heterocycles. The third-order valence-electron chi connectivity index (χ3n) is 2.56. The van der Waals surface area contributed by atoms with Crippen molar-refractivity contribution in [3.05, 3.63) is 20.8 Å². The fourth-order valence-corrected chi connectivity index (χ4v) is 3.02. The molecule has 0 fully saturated rings. The van der Waals surface area contributed by atoms with E-state index in [4.69, 9.17) is 15.0 Å². The van der Waals surface area contributed by atoms with Gasteiger partial charge in [0.25, 0.3) is 5.91 Å². The highest BCUT2D eigenvalue weighted by Crippen LogP contribution is 2.22. The molecular formula is C14H19BrF3N2O5S+. The van der Waals surface area contributed by atoms with Crippen LogP contribution in [0.1, 0.15) is 16.1 Å². The largest absolute Gasteiger partial charge is 0.490 e. The number of carboxylic acids is 2. The van der Waals surface area contributed by atoms with Crippen molar-refractivity contribution in [2.45, 2.75) is 18.6 Å². The number of nitrogens with zero attached hydrogens (tertiary/aromatic N) is 1. The van der Waals surface area contributed by atoms with E-state index in [1.54, 1.807) is 12.1 Å². The van der Waals surface area contributed by atoms with Crippen molar-refractivity contribution < 1.29 is 42.3 Å². The number of carbonyl (C=O) groups excluding carboxylic acids is 1. The van der Waals surface area contributed by atoms with Gasteiger partial charge in [0.1, 0.15) is 0 Å². The van der Waals surface area contributed by atoms with Crippen molar-refractivity contribution in [1.82, 2.24) is 5.32 Å². The van der Waals surface area contributed by atoms with Crippen LogP contribution in [0.3, 0.4) is 0 Å². The summed E-state index contributed by atoms with van der Waals surface area (Å²) in [5, 5.41) is 18.8. The zero-order valence-electron chi connectivity index (χ0n) is 14.1. The molecule has 1 amide bonds. The minimum Gasteiger partial charge on any atom is -0.481 e. The number of alkyl halides is 3. The molecule has 0 saturated carbocycles. The fraction of sp³-hybridized carbons (Fsp3) is 0.500. The summed E-state index contributed by atoms with van der Waals surface area (Å²) in [6.45, 7) is 0.560. The van der Waals surface area contributed by atoms with E-state index in [-0.39, 0.29) is 18.4 Å². The number of carboxylic acid groups (broad SMARTS) is 2. The lowest BCUT2D eigenvalue weighted by atomic mass is 10.2. The van der Waals surface area contributed by atoms with Gasteiger partial charge in [-0.25, -0.2) is 4.79 Å². The van der Waals surface area contributed by atoms with Crippen LogP contribution in [0, 0.1) is 0 Å². The number of carbonyl (C=O) groups is 3. The first-order valence-corrected chi connectivity index (χ1v) is 8.61. The molecule has 26 heavy (non-hydrogen) atoms. The monoisotopic (exact) mass is 463 g/mol. The van der Waals surface area contributed by atoms with Gasteiger partial charge in [-0.05, 0) is 28.1 Å². The summed E-state index contributed by atoms with van der Waals surface area (Å²) in [6, 6.07) is 3.13. The number of likely N-dealkylation sites (N-methyl/N-ethyl adjacent to an activating group) is 1. The Morgan fingerprint density at radius 3 is 2.04 bits per heavy atom. The molecule has 0 aliphatic rings. The molecule has 0 bridgehead atoms. The van der Waals surface area contributed by atoms with Crippen LogP contribution < -0.4 is 5.32 Å². The summed E-state index contributed by atoms with van der Waals surface area (Å²) in [5.41, 5.74) is 0. The smallest absolute Gasteiger partial charge is 0.481 e. The molecule has 0 saturated heterocycles. The van der Waals surface area contributed by atoms with Gasteiger partial charge in [0, 0.05) is 0 Å². The van der Waals surface area contributed by atoms with Crippen molar-refractivity contribution in [3.63, 3.8) is 0 Å². The van der Waals surface area contributed by atoms with E-state index in [0.717, 1.165) is 3.79 Å². The zero-order valence-corrected chi connectivity index (χ0v) is 16.5. The Bertz CT molecular complexity index is 643. The molecule has 0 aromatic carbocycles. The average molecular weight is 464 g/mol. The number of quaternary nitrogens is 1. The number of nitrogens with one attached hydrogen (secondary N) is 1. The number of thiophene rings is 1. The highest BCUT2D eigenvalue weighted by atomic mass is 79.9. The molecule has 12 heteroatoms. The van der Waals surface area contributed by atoms with Crippen LogP contribution in [0.5, 0.6) is 0 Å². The molecule has 0 unspecified atom stereocenters. The molecule has 3 N–H and O–H groups in total. The van der Waals surface area contributed by atoms with Gasteiger partial charge in [-0.2, -0.15) is 13.2 Å². The lowest BCUT2D eigenvalue weighted by Crippen LogP contribution is -2.49. The summed E-state index contributed by atoms with van der Waals surface area (Å²) in [6.07, 6.45) is -5.16. The summed E-state index contributed by atoms with van der Waals surface area (Å²) in [7, 11) is 5.88. The molecular weight excluding hydrogens is 445 g/mol. The standard InChI is InChI=1S/C12H17BrN2O3S.C2HF3O2/c1-15(2,3)7-8(6-11(16)17)14-12(18)9-4-5-10(13)19-9;3-2(4,5)1(6)7/h4-5,8H,6-7H2,1-3H3,(H-,14,16,17,18);(H,6,7)/p+1/t8-;/m1./s1. The van der Waals surface area contributed by atoms with Crippen LogP contribution in [0.2, 0.25) is 0 Å². The number of aliphatic carboxylic acids is 2. The predicted molar refractivity (Wildman–Crippen MR) is 92.1 cm³/mol. The maximum absolute atomic E-state index is 12.0. The van der Waals surface area contributed by atoms with Crippen LogP contribution in [0.15, 0.2) is 15.9 Å². The molecule has 0 radical (unpaired) electrons. The first-order chi connectivity index (χ1) is 11.6. The lowest BCUT2D eigenvalue weighted by Gasteiger charge is -2.29.